The molecular formula is C15H33N3. The summed E-state index contributed by atoms with van der Waals surface area (Å²) in [5.41, 5.74) is 9.82. The molecule has 1 heterocycles. The van der Waals surface area contributed by atoms with Crippen molar-refractivity contribution in [3.63, 3.8) is 0 Å². The third-order valence-electron chi connectivity index (χ3n) is 4.38. The van der Waals surface area contributed by atoms with Gasteiger partial charge >= 0.3 is 0 Å². The molecule has 0 spiro atoms. The van der Waals surface area contributed by atoms with E-state index >= 15 is 0 Å². The summed E-state index contributed by atoms with van der Waals surface area (Å²) >= 11 is 0. The third-order valence-corrected chi connectivity index (χ3v) is 4.38. The van der Waals surface area contributed by atoms with Crippen LogP contribution in [0, 0.1) is 0 Å². The van der Waals surface area contributed by atoms with Gasteiger partial charge in [0.05, 0.1) is 0 Å². The molecule has 0 aliphatic carbocycles. The van der Waals surface area contributed by atoms with Gasteiger partial charge in [-0.05, 0) is 40.0 Å². The van der Waals surface area contributed by atoms with E-state index in [9.17, 15) is 0 Å². The number of hydrogen-bond acceptors (Lipinski definition) is 3. The zero-order chi connectivity index (χ0) is 13.6. The average molecular weight is 255 g/mol. The Labute approximate surface area is 113 Å². The second-order valence-electron chi connectivity index (χ2n) is 6.37. The first-order valence-electron chi connectivity index (χ1n) is 7.78. The number of piperidine rings is 1. The highest BCUT2D eigenvalue weighted by Crippen LogP contribution is 2.23. The molecule has 1 rings (SSSR count). The number of hydrazine groups is 1. The highest BCUT2D eigenvalue weighted by atomic mass is 15.6. The van der Waals surface area contributed by atoms with Gasteiger partial charge in [-0.2, -0.15) is 0 Å². The molecule has 0 aromatic carbocycles. The fourth-order valence-corrected chi connectivity index (χ4v) is 2.92. The van der Waals surface area contributed by atoms with Crippen molar-refractivity contribution in [3.8, 4) is 0 Å². The summed E-state index contributed by atoms with van der Waals surface area (Å²) in [7, 11) is 0. The molecule has 3 heteroatoms. The van der Waals surface area contributed by atoms with Gasteiger partial charge in [0.15, 0.2) is 0 Å². The molecule has 1 fully saturated rings. The molecular weight excluding hydrogens is 222 g/mol. The zero-order valence-electron chi connectivity index (χ0n) is 12.8. The quantitative estimate of drug-likeness (QED) is 0.687. The normalized spacial score (nSPS) is 29.2. The van der Waals surface area contributed by atoms with Gasteiger partial charge in [-0.15, -0.1) is 0 Å². The van der Waals surface area contributed by atoms with Crippen LogP contribution in [-0.2, 0) is 0 Å². The summed E-state index contributed by atoms with van der Waals surface area (Å²) in [6, 6.07) is 1.26. The lowest BCUT2D eigenvalue weighted by Crippen LogP contribution is -2.62. The maximum Gasteiger partial charge on any atom is 0.0420 e. The second kappa shape index (κ2) is 7.46. The van der Waals surface area contributed by atoms with Crippen molar-refractivity contribution in [1.29, 1.82) is 0 Å². The summed E-state index contributed by atoms with van der Waals surface area (Å²) in [6.45, 7) is 9.89. The van der Waals surface area contributed by atoms with E-state index in [2.05, 4.69) is 38.1 Å². The fourth-order valence-electron chi connectivity index (χ4n) is 2.92. The minimum Gasteiger partial charge on any atom is -0.329 e. The Morgan fingerprint density at radius 3 is 2.33 bits per heavy atom. The average Bonchev–Trinajstić information content (AvgIpc) is 2.35. The predicted octanol–water partition coefficient (Wildman–Crippen LogP) is 3.05. The Kier molecular flexibility index (Phi) is 6.61. The number of nitrogens with one attached hydrogen (secondary N) is 1. The second-order valence-corrected chi connectivity index (χ2v) is 6.37. The number of hydrogen-bond donors (Lipinski definition) is 2. The molecule has 108 valence electrons. The van der Waals surface area contributed by atoms with Crippen LogP contribution in [0.5, 0.6) is 0 Å². The summed E-state index contributed by atoms with van der Waals surface area (Å²) in [4.78, 5) is 0. The predicted molar refractivity (Wildman–Crippen MR) is 79.4 cm³/mol. The van der Waals surface area contributed by atoms with E-state index in [0.717, 1.165) is 0 Å². The number of rotatable bonds is 7. The van der Waals surface area contributed by atoms with E-state index in [1.165, 1.54) is 44.9 Å². The Morgan fingerprint density at radius 1 is 1.22 bits per heavy atom. The molecule has 18 heavy (non-hydrogen) atoms. The molecule has 0 aromatic heterocycles. The third kappa shape index (κ3) is 4.52. The summed E-state index contributed by atoms with van der Waals surface area (Å²) in [5.74, 6) is 0. The molecule has 0 bridgehead atoms. The van der Waals surface area contributed by atoms with Gasteiger partial charge in [0, 0.05) is 24.2 Å². The van der Waals surface area contributed by atoms with Crippen LogP contribution >= 0.6 is 0 Å². The molecule has 0 saturated carbocycles. The van der Waals surface area contributed by atoms with Gasteiger partial charge in [0.1, 0.15) is 0 Å². The van der Waals surface area contributed by atoms with Gasteiger partial charge in [-0.1, -0.05) is 32.6 Å². The van der Waals surface area contributed by atoms with E-state index in [-0.39, 0.29) is 5.54 Å². The van der Waals surface area contributed by atoms with Crippen LogP contribution in [0.2, 0.25) is 0 Å². The Balaban J connectivity index is 2.53. The zero-order valence-corrected chi connectivity index (χ0v) is 12.8. The summed E-state index contributed by atoms with van der Waals surface area (Å²) in [6.07, 6.45) is 8.98. The first-order chi connectivity index (χ1) is 8.52. The van der Waals surface area contributed by atoms with E-state index in [0.29, 0.717) is 18.6 Å². The molecule has 0 amide bonds. The molecule has 1 saturated heterocycles. The van der Waals surface area contributed by atoms with E-state index in [4.69, 9.17) is 5.73 Å². The van der Waals surface area contributed by atoms with Crippen LogP contribution in [0.25, 0.3) is 0 Å². The number of nitrogens with two attached hydrogens (primary N) is 1. The SMILES string of the molecule is CCCCCC(C)(CN)NN1C(C)CCCC1C. The van der Waals surface area contributed by atoms with Crippen molar-refractivity contribution < 1.29 is 0 Å². The number of unbranched alkanes of at least 4 members (excludes halogenated alkanes) is 2. The van der Waals surface area contributed by atoms with Gasteiger partial charge < -0.3 is 5.73 Å². The Hall–Kier alpha value is -0.120. The lowest BCUT2D eigenvalue weighted by molar-refractivity contribution is 0.00371. The monoisotopic (exact) mass is 255 g/mol. The smallest absolute Gasteiger partial charge is 0.0420 e. The Morgan fingerprint density at radius 2 is 1.83 bits per heavy atom. The Bertz CT molecular complexity index is 222. The van der Waals surface area contributed by atoms with E-state index in [1.54, 1.807) is 0 Å². The number of nitrogens with zero attached hydrogens (tertiary/aromatic N) is 1. The molecule has 3 N–H and O–H groups in total. The summed E-state index contributed by atoms with van der Waals surface area (Å²) in [5, 5.41) is 2.46. The largest absolute Gasteiger partial charge is 0.329 e. The van der Waals surface area contributed by atoms with Crippen molar-refractivity contribution in [1.82, 2.24) is 10.4 Å². The molecule has 1 aliphatic heterocycles. The lowest BCUT2D eigenvalue weighted by Gasteiger charge is -2.45. The van der Waals surface area contributed by atoms with Crippen LogP contribution in [0.3, 0.4) is 0 Å². The van der Waals surface area contributed by atoms with Crippen molar-refractivity contribution >= 4 is 0 Å². The van der Waals surface area contributed by atoms with Crippen LogP contribution in [0.1, 0.15) is 72.6 Å². The van der Waals surface area contributed by atoms with Gasteiger partial charge in [0.2, 0.25) is 0 Å². The molecule has 3 atom stereocenters. The molecule has 1 aliphatic rings. The van der Waals surface area contributed by atoms with Gasteiger partial charge in [0.25, 0.3) is 0 Å². The first-order valence-corrected chi connectivity index (χ1v) is 7.78. The molecule has 0 radical (unpaired) electrons. The van der Waals surface area contributed by atoms with Crippen molar-refractivity contribution in [2.75, 3.05) is 6.54 Å². The van der Waals surface area contributed by atoms with Crippen molar-refractivity contribution in [2.45, 2.75) is 90.3 Å². The highest BCUT2D eigenvalue weighted by molar-refractivity contribution is 4.87. The van der Waals surface area contributed by atoms with Gasteiger partial charge in [-0.3, -0.25) is 0 Å². The first kappa shape index (κ1) is 15.9. The highest BCUT2D eigenvalue weighted by Gasteiger charge is 2.31. The summed E-state index contributed by atoms with van der Waals surface area (Å²) < 4.78 is 0. The minimum absolute atomic E-state index is 0.0645. The van der Waals surface area contributed by atoms with Crippen LogP contribution < -0.4 is 11.2 Å². The van der Waals surface area contributed by atoms with Crippen LogP contribution in [-0.4, -0.2) is 29.2 Å². The maximum absolute atomic E-state index is 6.01. The maximum atomic E-state index is 6.01. The van der Waals surface area contributed by atoms with E-state index < -0.39 is 0 Å². The molecule has 3 nitrogen and oxygen atoms in total. The van der Waals surface area contributed by atoms with E-state index in [1.807, 2.05) is 0 Å². The van der Waals surface area contributed by atoms with Gasteiger partial charge in [-0.25, -0.2) is 10.4 Å². The topological polar surface area (TPSA) is 41.3 Å². The molecule has 0 aromatic rings. The van der Waals surface area contributed by atoms with Crippen molar-refractivity contribution in [3.05, 3.63) is 0 Å². The molecule has 3 unspecified atom stereocenters. The fraction of sp³-hybridized carbons (Fsp3) is 1.00. The van der Waals surface area contributed by atoms with Crippen LogP contribution in [0.4, 0.5) is 0 Å². The standard InChI is InChI=1S/C15H33N3/c1-5-6-7-11-15(4,12-16)17-18-13(2)9-8-10-14(18)3/h13-14,17H,5-12,16H2,1-4H3. The van der Waals surface area contributed by atoms with Crippen LogP contribution in [0.15, 0.2) is 0 Å². The van der Waals surface area contributed by atoms with Crippen molar-refractivity contribution in [2.24, 2.45) is 5.73 Å². The lowest BCUT2D eigenvalue weighted by atomic mass is 9.94. The minimum atomic E-state index is 0.0645.